The molecule has 0 aliphatic heterocycles. The van der Waals surface area contributed by atoms with Gasteiger partial charge in [0.1, 0.15) is 10.5 Å². The molecule has 0 atom stereocenters. The summed E-state index contributed by atoms with van der Waals surface area (Å²) in [4.78, 5) is 1.16. The lowest BCUT2D eigenvalue weighted by Gasteiger charge is -2.15. The molecule has 0 saturated carbocycles. The number of halogens is 3. The highest BCUT2D eigenvalue weighted by atomic mass is 35.5. The van der Waals surface area contributed by atoms with Crippen molar-refractivity contribution in [1.29, 1.82) is 0 Å². The molecule has 0 aliphatic rings. The summed E-state index contributed by atoms with van der Waals surface area (Å²) in [6.07, 6.45) is 2.03. The van der Waals surface area contributed by atoms with Gasteiger partial charge in [0.2, 0.25) is 0 Å². The molecule has 0 unspecified atom stereocenters. The van der Waals surface area contributed by atoms with Crippen molar-refractivity contribution >= 4 is 47.2 Å². The van der Waals surface area contributed by atoms with Crippen molar-refractivity contribution in [3.05, 3.63) is 98.9 Å². The minimum Gasteiger partial charge on any atom is -0.250 e. The molecule has 1 heterocycles. The lowest BCUT2D eigenvalue weighted by Crippen LogP contribution is -2.09. The van der Waals surface area contributed by atoms with Gasteiger partial charge in [0.05, 0.1) is 12.2 Å². The number of rotatable bonds is 5. The van der Waals surface area contributed by atoms with E-state index < -0.39 is 0 Å². The SMILES string of the molecule is CSc1ccc(-c2nn(Cc3ccc(Cl)cc3Cl)c(=S)cc2-c2ccc(F)cc2)cc1. The molecule has 0 radical (unpaired) electrons. The topological polar surface area (TPSA) is 17.8 Å². The summed E-state index contributed by atoms with van der Waals surface area (Å²) in [6.45, 7) is 0.411. The Balaban J connectivity index is 1.86. The maximum atomic E-state index is 13.5. The van der Waals surface area contributed by atoms with Crippen molar-refractivity contribution in [2.75, 3.05) is 6.26 Å². The van der Waals surface area contributed by atoms with Gasteiger partial charge in [-0.1, -0.05) is 65.8 Å². The van der Waals surface area contributed by atoms with Crippen LogP contribution in [0.4, 0.5) is 4.39 Å². The van der Waals surface area contributed by atoms with Crippen molar-refractivity contribution in [3.63, 3.8) is 0 Å². The summed E-state index contributed by atoms with van der Waals surface area (Å²) in [5.41, 5.74) is 4.27. The molecular weight excluding hydrogens is 470 g/mol. The van der Waals surface area contributed by atoms with E-state index in [0.29, 0.717) is 21.2 Å². The van der Waals surface area contributed by atoms with E-state index in [1.54, 1.807) is 40.7 Å². The highest BCUT2D eigenvalue weighted by Gasteiger charge is 2.13. The summed E-state index contributed by atoms with van der Waals surface area (Å²) in [6, 6.07) is 21.8. The average molecular weight is 487 g/mol. The van der Waals surface area contributed by atoms with Gasteiger partial charge in [0.15, 0.2) is 0 Å². The molecule has 0 fully saturated rings. The molecule has 0 saturated heterocycles. The zero-order valence-corrected chi connectivity index (χ0v) is 19.6. The summed E-state index contributed by atoms with van der Waals surface area (Å²) >= 11 is 19.7. The Bertz CT molecular complexity index is 1290. The van der Waals surface area contributed by atoms with Crippen LogP contribution in [0.25, 0.3) is 22.4 Å². The second-order valence-electron chi connectivity index (χ2n) is 6.87. The third kappa shape index (κ3) is 5.01. The maximum absolute atomic E-state index is 13.5. The highest BCUT2D eigenvalue weighted by Crippen LogP contribution is 2.32. The van der Waals surface area contributed by atoms with Gasteiger partial charge < -0.3 is 0 Å². The van der Waals surface area contributed by atoms with Gasteiger partial charge in [0, 0.05) is 26.1 Å². The van der Waals surface area contributed by atoms with E-state index in [4.69, 9.17) is 40.5 Å². The molecule has 3 aromatic carbocycles. The zero-order valence-electron chi connectivity index (χ0n) is 16.5. The molecule has 0 amide bonds. The van der Waals surface area contributed by atoms with E-state index >= 15 is 0 Å². The number of aromatic nitrogens is 2. The Morgan fingerprint density at radius 3 is 2.26 bits per heavy atom. The third-order valence-electron chi connectivity index (χ3n) is 4.85. The van der Waals surface area contributed by atoms with Crippen molar-refractivity contribution in [2.24, 2.45) is 0 Å². The lowest BCUT2D eigenvalue weighted by molar-refractivity contribution is 0.628. The van der Waals surface area contributed by atoms with Gasteiger partial charge in [-0.25, -0.2) is 9.07 Å². The second-order valence-corrected chi connectivity index (χ2v) is 9.02. The molecule has 0 aliphatic carbocycles. The van der Waals surface area contributed by atoms with E-state index in [2.05, 4.69) is 12.1 Å². The Morgan fingerprint density at radius 1 is 0.935 bits per heavy atom. The van der Waals surface area contributed by atoms with Gasteiger partial charge in [-0.3, -0.25) is 0 Å². The first-order chi connectivity index (χ1) is 14.9. The molecule has 4 aromatic rings. The number of hydrogen-bond acceptors (Lipinski definition) is 3. The van der Waals surface area contributed by atoms with Crippen LogP contribution in [0.3, 0.4) is 0 Å². The van der Waals surface area contributed by atoms with Crippen molar-refractivity contribution in [2.45, 2.75) is 11.4 Å². The Hall–Kier alpha value is -2.18. The smallest absolute Gasteiger partial charge is 0.123 e. The van der Waals surface area contributed by atoms with Gasteiger partial charge in [-0.2, -0.15) is 5.10 Å². The molecule has 0 N–H and O–H groups in total. The van der Waals surface area contributed by atoms with Crippen LogP contribution in [0.5, 0.6) is 0 Å². The van der Waals surface area contributed by atoms with Crippen molar-refractivity contribution in [3.8, 4) is 22.4 Å². The molecule has 0 bridgehead atoms. The fraction of sp³-hybridized carbons (Fsp3) is 0.0833. The van der Waals surface area contributed by atoms with Gasteiger partial charge >= 0.3 is 0 Å². The van der Waals surface area contributed by atoms with E-state index in [1.807, 2.05) is 30.5 Å². The highest BCUT2D eigenvalue weighted by molar-refractivity contribution is 7.98. The largest absolute Gasteiger partial charge is 0.250 e. The van der Waals surface area contributed by atoms with E-state index in [-0.39, 0.29) is 5.82 Å². The minimum atomic E-state index is -0.287. The zero-order chi connectivity index (χ0) is 22.0. The van der Waals surface area contributed by atoms with Crippen LogP contribution in [0.1, 0.15) is 5.56 Å². The molecular formula is C24H17Cl2FN2S2. The summed E-state index contributed by atoms with van der Waals surface area (Å²) in [5, 5.41) is 6.01. The van der Waals surface area contributed by atoms with Gasteiger partial charge in [-0.05, 0) is 59.8 Å². The molecule has 4 rings (SSSR count). The Kier molecular flexibility index (Phi) is 6.77. The summed E-state index contributed by atoms with van der Waals surface area (Å²) in [5.74, 6) is -0.287. The van der Waals surface area contributed by atoms with Crippen LogP contribution in [-0.2, 0) is 6.54 Å². The van der Waals surface area contributed by atoms with Crippen LogP contribution in [0, 0.1) is 10.5 Å². The standard InChI is InChI=1S/C24H17Cl2FN2S2/c1-31-20-10-5-16(6-11-20)24-21(15-3-8-19(27)9-4-15)13-23(30)29(28-24)14-17-2-7-18(25)12-22(17)26/h2-13H,14H2,1H3. The minimum absolute atomic E-state index is 0.287. The Morgan fingerprint density at radius 2 is 1.61 bits per heavy atom. The molecule has 31 heavy (non-hydrogen) atoms. The molecule has 0 spiro atoms. The summed E-state index contributed by atoms with van der Waals surface area (Å²) < 4.78 is 15.8. The lowest BCUT2D eigenvalue weighted by atomic mass is 10.00. The monoisotopic (exact) mass is 486 g/mol. The van der Waals surface area contributed by atoms with Crippen LogP contribution in [0.2, 0.25) is 10.0 Å². The molecule has 1 aromatic heterocycles. The van der Waals surface area contributed by atoms with Crippen molar-refractivity contribution < 1.29 is 4.39 Å². The predicted octanol–water partition coefficient (Wildman–Crippen LogP) is 8.16. The quantitative estimate of drug-likeness (QED) is 0.209. The molecule has 2 nitrogen and oxygen atoms in total. The van der Waals surface area contributed by atoms with Gasteiger partial charge in [-0.15, -0.1) is 11.8 Å². The van der Waals surface area contributed by atoms with Crippen molar-refractivity contribution in [1.82, 2.24) is 9.78 Å². The first-order valence-corrected chi connectivity index (χ1v) is 11.8. The number of thioether (sulfide) groups is 1. The Labute approximate surface area is 199 Å². The molecule has 156 valence electrons. The van der Waals surface area contributed by atoms with E-state index in [1.165, 1.54) is 12.1 Å². The number of nitrogens with zero attached hydrogens (tertiary/aromatic N) is 2. The van der Waals surface area contributed by atoms with Gasteiger partial charge in [0.25, 0.3) is 0 Å². The average Bonchev–Trinajstić information content (AvgIpc) is 2.77. The third-order valence-corrected chi connectivity index (χ3v) is 6.51. The van der Waals surface area contributed by atoms with Crippen LogP contribution < -0.4 is 0 Å². The summed E-state index contributed by atoms with van der Waals surface area (Å²) in [7, 11) is 0. The van der Waals surface area contributed by atoms with E-state index in [0.717, 1.165) is 32.8 Å². The first kappa shape index (κ1) is 22.0. The normalized spacial score (nSPS) is 11.0. The second kappa shape index (κ2) is 9.53. The fourth-order valence-electron chi connectivity index (χ4n) is 3.23. The maximum Gasteiger partial charge on any atom is 0.123 e. The first-order valence-electron chi connectivity index (χ1n) is 9.41. The number of benzene rings is 3. The van der Waals surface area contributed by atoms with E-state index in [9.17, 15) is 4.39 Å². The predicted molar refractivity (Wildman–Crippen MR) is 131 cm³/mol. The number of hydrogen-bond donors (Lipinski definition) is 0. The fourth-order valence-corrected chi connectivity index (χ4v) is 4.33. The van der Waals surface area contributed by atoms with Crippen LogP contribution in [0.15, 0.2) is 77.7 Å². The van der Waals surface area contributed by atoms with Crippen LogP contribution in [-0.4, -0.2) is 16.0 Å². The van der Waals surface area contributed by atoms with Crippen LogP contribution >= 0.6 is 47.2 Å². The molecule has 7 heteroatoms.